The van der Waals surface area contributed by atoms with E-state index in [1.165, 1.54) is 5.56 Å². The molecule has 0 radical (unpaired) electrons. The van der Waals surface area contributed by atoms with Gasteiger partial charge in [-0.05, 0) is 48.6 Å². The fourth-order valence-corrected chi connectivity index (χ4v) is 2.28. The van der Waals surface area contributed by atoms with E-state index in [0.29, 0.717) is 12.5 Å². The Balaban J connectivity index is 2.30. The summed E-state index contributed by atoms with van der Waals surface area (Å²) in [5.74, 6) is 2.35. The normalized spacial score (nSPS) is 12.2. The lowest BCUT2D eigenvalue weighted by atomic mass is 9.98. The monoisotopic (exact) mass is 269 g/mol. The Morgan fingerprint density at radius 3 is 2.35 bits per heavy atom. The fourth-order valence-electron chi connectivity index (χ4n) is 2.28. The van der Waals surface area contributed by atoms with E-state index in [2.05, 4.69) is 32.0 Å². The summed E-state index contributed by atoms with van der Waals surface area (Å²) in [4.78, 5) is 0. The van der Waals surface area contributed by atoms with Gasteiger partial charge in [-0.3, -0.25) is 0 Å². The Morgan fingerprint density at radius 1 is 1.00 bits per heavy atom. The van der Waals surface area contributed by atoms with Crippen LogP contribution in [0.2, 0.25) is 0 Å². The van der Waals surface area contributed by atoms with Crippen molar-refractivity contribution in [3.8, 4) is 11.5 Å². The molecule has 0 spiro atoms. The first-order valence-corrected chi connectivity index (χ1v) is 7.31. The second kappa shape index (κ2) is 7.11. The van der Waals surface area contributed by atoms with Crippen LogP contribution in [0.3, 0.4) is 0 Å². The number of ether oxygens (including phenoxy) is 1. The van der Waals surface area contributed by atoms with Gasteiger partial charge < -0.3 is 10.5 Å². The third-order valence-electron chi connectivity index (χ3n) is 3.67. The van der Waals surface area contributed by atoms with Crippen LogP contribution in [0.4, 0.5) is 0 Å². The van der Waals surface area contributed by atoms with Crippen molar-refractivity contribution >= 4 is 0 Å². The van der Waals surface area contributed by atoms with Crippen LogP contribution in [-0.2, 0) is 6.42 Å². The lowest BCUT2D eigenvalue weighted by Gasteiger charge is -2.17. The van der Waals surface area contributed by atoms with Crippen molar-refractivity contribution in [1.29, 1.82) is 0 Å². The molecular formula is C18H23NO. The van der Waals surface area contributed by atoms with E-state index in [4.69, 9.17) is 10.5 Å². The van der Waals surface area contributed by atoms with Crippen LogP contribution in [0.5, 0.6) is 11.5 Å². The van der Waals surface area contributed by atoms with Crippen LogP contribution in [0.15, 0.2) is 48.5 Å². The summed E-state index contributed by atoms with van der Waals surface area (Å²) in [6, 6.07) is 16.4. The van der Waals surface area contributed by atoms with Gasteiger partial charge in [-0.15, -0.1) is 0 Å². The van der Waals surface area contributed by atoms with Crippen molar-refractivity contribution in [2.45, 2.75) is 32.6 Å². The largest absolute Gasteiger partial charge is 0.457 e. The smallest absolute Gasteiger partial charge is 0.130 e. The highest BCUT2D eigenvalue weighted by Crippen LogP contribution is 2.33. The zero-order chi connectivity index (χ0) is 14.4. The van der Waals surface area contributed by atoms with Gasteiger partial charge in [-0.25, -0.2) is 0 Å². The van der Waals surface area contributed by atoms with E-state index in [0.717, 1.165) is 29.9 Å². The molecule has 20 heavy (non-hydrogen) atoms. The molecule has 0 saturated carbocycles. The summed E-state index contributed by atoms with van der Waals surface area (Å²) in [7, 11) is 0. The molecule has 0 aliphatic heterocycles. The van der Waals surface area contributed by atoms with E-state index < -0.39 is 0 Å². The molecule has 0 saturated heterocycles. The Morgan fingerprint density at radius 2 is 1.65 bits per heavy atom. The maximum atomic E-state index is 6.16. The van der Waals surface area contributed by atoms with Crippen molar-refractivity contribution in [2.75, 3.05) is 6.54 Å². The van der Waals surface area contributed by atoms with Gasteiger partial charge in [-0.1, -0.05) is 50.2 Å². The molecule has 0 heterocycles. The number of benzene rings is 2. The number of para-hydroxylation sites is 2. The topological polar surface area (TPSA) is 35.2 Å². The van der Waals surface area contributed by atoms with Gasteiger partial charge in [-0.2, -0.15) is 0 Å². The van der Waals surface area contributed by atoms with E-state index in [9.17, 15) is 0 Å². The van der Waals surface area contributed by atoms with Crippen molar-refractivity contribution in [3.05, 3.63) is 59.7 Å². The molecule has 0 bridgehead atoms. The third-order valence-corrected chi connectivity index (χ3v) is 3.67. The van der Waals surface area contributed by atoms with Gasteiger partial charge in [0.15, 0.2) is 0 Å². The number of hydrogen-bond acceptors (Lipinski definition) is 2. The Kier molecular flexibility index (Phi) is 5.19. The number of rotatable bonds is 6. The van der Waals surface area contributed by atoms with E-state index in [1.54, 1.807) is 0 Å². The van der Waals surface area contributed by atoms with E-state index in [1.807, 2.05) is 30.3 Å². The molecule has 2 aromatic carbocycles. The lowest BCUT2D eigenvalue weighted by molar-refractivity contribution is 0.464. The second-order valence-corrected chi connectivity index (χ2v) is 5.10. The lowest BCUT2D eigenvalue weighted by Crippen LogP contribution is -2.04. The molecule has 0 aromatic heterocycles. The maximum Gasteiger partial charge on any atom is 0.130 e. The molecule has 2 aromatic rings. The maximum absolute atomic E-state index is 6.16. The molecule has 1 atom stereocenters. The van der Waals surface area contributed by atoms with Gasteiger partial charge in [0.1, 0.15) is 11.5 Å². The first-order valence-electron chi connectivity index (χ1n) is 7.31. The first-order chi connectivity index (χ1) is 9.76. The fraction of sp³-hybridized carbons (Fsp3) is 0.333. The molecule has 0 fully saturated rings. The van der Waals surface area contributed by atoms with Gasteiger partial charge in [0.05, 0.1) is 0 Å². The highest BCUT2D eigenvalue weighted by atomic mass is 16.5. The summed E-state index contributed by atoms with van der Waals surface area (Å²) in [6.45, 7) is 5.06. The summed E-state index contributed by atoms with van der Waals surface area (Å²) in [5.41, 5.74) is 8.09. The molecular weight excluding hydrogens is 246 g/mol. The van der Waals surface area contributed by atoms with Crippen LogP contribution >= 0.6 is 0 Å². The minimum atomic E-state index is 0.493. The van der Waals surface area contributed by atoms with Crippen LogP contribution in [0.25, 0.3) is 0 Å². The van der Waals surface area contributed by atoms with Crippen molar-refractivity contribution in [2.24, 2.45) is 5.73 Å². The molecule has 2 N–H and O–H groups in total. The standard InChI is InChI=1S/C18H23NO/c1-3-14(2)16-9-5-7-11-18(16)20-17-10-6-4-8-15(17)12-13-19/h4-11,14H,3,12-13,19H2,1-2H3. The predicted molar refractivity (Wildman–Crippen MR) is 84.4 cm³/mol. The summed E-state index contributed by atoms with van der Waals surface area (Å²) in [6.07, 6.45) is 1.94. The molecule has 0 aliphatic carbocycles. The minimum Gasteiger partial charge on any atom is -0.457 e. The molecule has 2 rings (SSSR count). The van der Waals surface area contributed by atoms with Gasteiger partial charge >= 0.3 is 0 Å². The molecule has 106 valence electrons. The summed E-state index contributed by atoms with van der Waals surface area (Å²) in [5, 5.41) is 0. The number of hydrogen-bond donors (Lipinski definition) is 1. The van der Waals surface area contributed by atoms with Gasteiger partial charge in [0.25, 0.3) is 0 Å². The van der Waals surface area contributed by atoms with Gasteiger partial charge in [0, 0.05) is 0 Å². The van der Waals surface area contributed by atoms with Crippen LogP contribution in [-0.4, -0.2) is 6.54 Å². The minimum absolute atomic E-state index is 0.493. The highest BCUT2D eigenvalue weighted by molar-refractivity contribution is 5.42. The summed E-state index contributed by atoms with van der Waals surface area (Å²) >= 11 is 0. The average molecular weight is 269 g/mol. The SMILES string of the molecule is CCC(C)c1ccccc1Oc1ccccc1CCN. The predicted octanol–water partition coefficient (Wildman–Crippen LogP) is 4.49. The molecule has 0 aliphatic rings. The first kappa shape index (κ1) is 14.6. The van der Waals surface area contributed by atoms with Crippen molar-refractivity contribution in [3.63, 3.8) is 0 Å². The van der Waals surface area contributed by atoms with Crippen LogP contribution in [0.1, 0.15) is 37.3 Å². The molecule has 2 nitrogen and oxygen atoms in total. The number of nitrogens with two attached hydrogens (primary N) is 1. The van der Waals surface area contributed by atoms with E-state index >= 15 is 0 Å². The Bertz CT molecular complexity index is 551. The van der Waals surface area contributed by atoms with Crippen LogP contribution < -0.4 is 10.5 Å². The quantitative estimate of drug-likeness (QED) is 0.838. The van der Waals surface area contributed by atoms with E-state index in [-0.39, 0.29) is 0 Å². The summed E-state index contributed by atoms with van der Waals surface area (Å²) < 4.78 is 6.16. The van der Waals surface area contributed by atoms with Crippen molar-refractivity contribution < 1.29 is 4.74 Å². The van der Waals surface area contributed by atoms with Crippen molar-refractivity contribution in [1.82, 2.24) is 0 Å². The molecule has 1 unspecified atom stereocenters. The third kappa shape index (κ3) is 3.40. The Labute approximate surface area is 121 Å². The molecule has 2 heteroatoms. The van der Waals surface area contributed by atoms with Gasteiger partial charge in [0.2, 0.25) is 0 Å². The zero-order valence-corrected chi connectivity index (χ0v) is 12.3. The van der Waals surface area contributed by atoms with Crippen LogP contribution in [0, 0.1) is 0 Å². The molecule has 0 amide bonds. The average Bonchev–Trinajstić information content (AvgIpc) is 2.49. The second-order valence-electron chi connectivity index (χ2n) is 5.10. The highest BCUT2D eigenvalue weighted by Gasteiger charge is 2.11. The Hall–Kier alpha value is -1.80. The zero-order valence-electron chi connectivity index (χ0n) is 12.3.